The first-order valence-electron chi connectivity index (χ1n) is 5.46. The fourth-order valence-electron chi connectivity index (χ4n) is 3.01. The van der Waals surface area contributed by atoms with E-state index in [1.807, 2.05) is 0 Å². The highest BCUT2D eigenvalue weighted by molar-refractivity contribution is 5.10. The Hall–Kier alpha value is -0.0400. The molecular formula is C11H21N. The maximum absolute atomic E-state index is 2.78. The van der Waals surface area contributed by atoms with Crippen molar-refractivity contribution in [1.82, 2.24) is 4.90 Å². The van der Waals surface area contributed by atoms with E-state index in [1.54, 1.807) is 0 Å². The molecule has 0 radical (unpaired) electrons. The lowest BCUT2D eigenvalue weighted by Crippen LogP contribution is -2.39. The molecule has 1 heterocycles. The van der Waals surface area contributed by atoms with Gasteiger partial charge in [0.05, 0.1) is 0 Å². The first-order chi connectivity index (χ1) is 5.69. The van der Waals surface area contributed by atoms with Crippen molar-refractivity contribution >= 4 is 0 Å². The summed E-state index contributed by atoms with van der Waals surface area (Å²) in [5, 5.41) is 0. The minimum absolute atomic E-state index is 0.698. The van der Waals surface area contributed by atoms with Crippen molar-refractivity contribution < 1.29 is 0 Å². The van der Waals surface area contributed by atoms with E-state index in [1.165, 1.54) is 32.2 Å². The zero-order valence-corrected chi connectivity index (χ0v) is 8.64. The lowest BCUT2D eigenvalue weighted by atomic mass is 10.0. The number of hydrogen-bond donors (Lipinski definition) is 0. The highest BCUT2D eigenvalue weighted by Gasteiger charge is 2.53. The molecule has 1 saturated carbocycles. The van der Waals surface area contributed by atoms with Crippen molar-refractivity contribution in [1.29, 1.82) is 0 Å². The van der Waals surface area contributed by atoms with Gasteiger partial charge in [-0.1, -0.05) is 20.8 Å². The summed E-state index contributed by atoms with van der Waals surface area (Å²) in [5.74, 6) is 0.852. The van der Waals surface area contributed by atoms with Crippen molar-refractivity contribution in [3.8, 4) is 0 Å². The summed E-state index contributed by atoms with van der Waals surface area (Å²) in [6.07, 6.45) is 5.88. The lowest BCUT2D eigenvalue weighted by molar-refractivity contribution is 0.153. The topological polar surface area (TPSA) is 3.24 Å². The average molecular weight is 167 g/mol. The van der Waals surface area contributed by atoms with Crippen LogP contribution in [0.4, 0.5) is 0 Å². The summed E-state index contributed by atoms with van der Waals surface area (Å²) < 4.78 is 0. The molecule has 0 aromatic carbocycles. The quantitative estimate of drug-likeness (QED) is 0.611. The Morgan fingerprint density at radius 2 is 2.00 bits per heavy atom. The Bertz CT molecular complexity index is 170. The third-order valence-corrected chi connectivity index (χ3v) is 3.85. The van der Waals surface area contributed by atoms with Crippen LogP contribution in [-0.4, -0.2) is 23.0 Å². The molecule has 12 heavy (non-hydrogen) atoms. The van der Waals surface area contributed by atoms with Gasteiger partial charge >= 0.3 is 0 Å². The van der Waals surface area contributed by atoms with Crippen LogP contribution in [0, 0.1) is 5.92 Å². The Morgan fingerprint density at radius 1 is 1.33 bits per heavy atom. The van der Waals surface area contributed by atoms with Crippen molar-refractivity contribution in [2.24, 2.45) is 5.92 Å². The van der Waals surface area contributed by atoms with Gasteiger partial charge in [0, 0.05) is 11.6 Å². The Labute approximate surface area is 76.1 Å². The molecule has 2 rings (SSSR count). The fourth-order valence-corrected chi connectivity index (χ4v) is 3.01. The van der Waals surface area contributed by atoms with Gasteiger partial charge < -0.3 is 0 Å². The lowest BCUT2D eigenvalue weighted by Gasteiger charge is -2.31. The van der Waals surface area contributed by atoms with Gasteiger partial charge in [0.2, 0.25) is 0 Å². The van der Waals surface area contributed by atoms with Crippen LogP contribution in [0.1, 0.15) is 46.5 Å². The molecule has 0 aromatic rings. The van der Waals surface area contributed by atoms with E-state index in [0.29, 0.717) is 5.54 Å². The monoisotopic (exact) mass is 167 g/mol. The molecule has 1 heteroatoms. The largest absolute Gasteiger partial charge is 0.295 e. The predicted molar refractivity (Wildman–Crippen MR) is 52.2 cm³/mol. The molecule has 1 aliphatic heterocycles. The van der Waals surface area contributed by atoms with Crippen LogP contribution in [-0.2, 0) is 0 Å². The molecule has 1 nitrogen and oxygen atoms in total. The number of rotatable bonds is 2. The summed E-state index contributed by atoms with van der Waals surface area (Å²) in [6, 6.07) is 0.887. The van der Waals surface area contributed by atoms with Crippen LogP contribution in [0.2, 0.25) is 0 Å². The molecule has 2 fully saturated rings. The maximum atomic E-state index is 2.78. The number of hydrogen-bond acceptors (Lipinski definition) is 1. The van der Waals surface area contributed by atoms with Crippen LogP contribution >= 0.6 is 0 Å². The SMILES string of the molecule is CCN1C(C(C)C)CCC12CC2. The van der Waals surface area contributed by atoms with Crippen LogP contribution in [0.25, 0.3) is 0 Å². The van der Waals surface area contributed by atoms with Gasteiger partial charge in [0.15, 0.2) is 0 Å². The van der Waals surface area contributed by atoms with Crippen LogP contribution in [0.5, 0.6) is 0 Å². The summed E-state index contributed by atoms with van der Waals surface area (Å²) in [4.78, 5) is 2.78. The number of likely N-dealkylation sites (tertiary alicyclic amines) is 1. The molecule has 1 unspecified atom stereocenters. The second-order valence-corrected chi connectivity index (χ2v) is 4.86. The van der Waals surface area contributed by atoms with E-state index in [4.69, 9.17) is 0 Å². The second-order valence-electron chi connectivity index (χ2n) is 4.86. The van der Waals surface area contributed by atoms with Gasteiger partial charge in [-0.2, -0.15) is 0 Å². The van der Waals surface area contributed by atoms with Crippen LogP contribution in [0.15, 0.2) is 0 Å². The standard InChI is InChI=1S/C11H21N/c1-4-12-10(9(2)3)5-6-11(12)7-8-11/h9-10H,4-8H2,1-3H3. The molecule has 70 valence electrons. The summed E-state index contributed by atoms with van der Waals surface area (Å²) >= 11 is 0. The molecule has 0 N–H and O–H groups in total. The molecule has 0 aromatic heterocycles. The molecule has 0 amide bonds. The van der Waals surface area contributed by atoms with Crippen molar-refractivity contribution in [3.63, 3.8) is 0 Å². The first-order valence-corrected chi connectivity index (χ1v) is 5.46. The van der Waals surface area contributed by atoms with Gasteiger partial charge in [-0.05, 0) is 38.1 Å². The Kier molecular flexibility index (Phi) is 1.95. The van der Waals surface area contributed by atoms with Gasteiger partial charge in [0.25, 0.3) is 0 Å². The maximum Gasteiger partial charge on any atom is 0.0214 e. The fraction of sp³-hybridized carbons (Fsp3) is 1.00. The highest BCUT2D eigenvalue weighted by Crippen LogP contribution is 2.52. The molecular weight excluding hydrogens is 146 g/mol. The van der Waals surface area contributed by atoms with Crippen molar-refractivity contribution in [2.45, 2.75) is 58.0 Å². The molecule has 1 aliphatic carbocycles. The molecule has 0 bridgehead atoms. The number of nitrogens with zero attached hydrogens (tertiary/aromatic N) is 1. The highest BCUT2D eigenvalue weighted by atomic mass is 15.3. The van der Waals surface area contributed by atoms with Gasteiger partial charge in [0.1, 0.15) is 0 Å². The zero-order chi connectivity index (χ0) is 8.77. The zero-order valence-electron chi connectivity index (χ0n) is 8.64. The molecule has 1 saturated heterocycles. The third-order valence-electron chi connectivity index (χ3n) is 3.85. The summed E-state index contributed by atoms with van der Waals surface area (Å²) in [6.45, 7) is 8.33. The van der Waals surface area contributed by atoms with Gasteiger partial charge in [-0.25, -0.2) is 0 Å². The van der Waals surface area contributed by atoms with E-state index in [0.717, 1.165) is 12.0 Å². The minimum atomic E-state index is 0.698. The molecule has 1 atom stereocenters. The van der Waals surface area contributed by atoms with E-state index < -0.39 is 0 Å². The predicted octanol–water partition coefficient (Wildman–Crippen LogP) is 2.66. The van der Waals surface area contributed by atoms with E-state index in [2.05, 4.69) is 25.7 Å². The van der Waals surface area contributed by atoms with Crippen molar-refractivity contribution in [3.05, 3.63) is 0 Å². The first kappa shape index (κ1) is 8.55. The summed E-state index contributed by atoms with van der Waals surface area (Å²) in [7, 11) is 0. The minimum Gasteiger partial charge on any atom is -0.295 e. The Balaban J connectivity index is 2.08. The smallest absolute Gasteiger partial charge is 0.0214 e. The second kappa shape index (κ2) is 2.73. The molecule has 1 spiro atoms. The van der Waals surface area contributed by atoms with Crippen LogP contribution in [0.3, 0.4) is 0 Å². The van der Waals surface area contributed by atoms with Gasteiger partial charge in [-0.3, -0.25) is 4.90 Å². The normalized spacial score (nSPS) is 33.5. The van der Waals surface area contributed by atoms with Crippen molar-refractivity contribution in [2.75, 3.05) is 6.54 Å². The van der Waals surface area contributed by atoms with Crippen LogP contribution < -0.4 is 0 Å². The summed E-state index contributed by atoms with van der Waals surface area (Å²) in [5.41, 5.74) is 0.698. The average Bonchev–Trinajstić information content (AvgIpc) is 2.64. The van der Waals surface area contributed by atoms with E-state index >= 15 is 0 Å². The van der Waals surface area contributed by atoms with E-state index in [9.17, 15) is 0 Å². The Morgan fingerprint density at radius 3 is 2.42 bits per heavy atom. The molecule has 2 aliphatic rings. The third kappa shape index (κ3) is 1.10. The van der Waals surface area contributed by atoms with Gasteiger partial charge in [-0.15, -0.1) is 0 Å². The van der Waals surface area contributed by atoms with E-state index in [-0.39, 0.29) is 0 Å².